The number of nitrogens with zero attached hydrogens (tertiary/aromatic N) is 5. The highest BCUT2D eigenvalue weighted by atomic mass is 16.6. The molecule has 2 rings (SSSR count). The molecular weight excluding hydrogens is 496 g/mol. The zero-order valence-corrected chi connectivity index (χ0v) is 22.6. The summed E-state index contributed by atoms with van der Waals surface area (Å²) >= 11 is 0. The monoisotopic (exact) mass is 536 g/mol. The van der Waals surface area contributed by atoms with Crippen LogP contribution in [0, 0.1) is 0 Å². The van der Waals surface area contributed by atoms with Crippen molar-refractivity contribution in [3.05, 3.63) is 12.7 Å². The first-order valence-corrected chi connectivity index (χ1v) is 12.7. The van der Waals surface area contributed by atoms with Gasteiger partial charge in [0.2, 0.25) is 5.91 Å². The molecule has 0 aliphatic rings. The van der Waals surface area contributed by atoms with E-state index < -0.39 is 29.6 Å². The molecule has 2 amide bonds. The first-order valence-electron chi connectivity index (χ1n) is 12.7. The fraction of sp³-hybridized carbons (Fsp3) is 0.667. The number of hydrogen-bond acceptors (Lipinski definition) is 11. The molecule has 0 aliphatic carbocycles. The van der Waals surface area contributed by atoms with Crippen LogP contribution in [0.5, 0.6) is 0 Å². The van der Waals surface area contributed by atoms with Crippen LogP contribution in [-0.4, -0.2) is 93.5 Å². The second kappa shape index (κ2) is 15.0. The lowest BCUT2D eigenvalue weighted by Crippen LogP contribution is -2.51. The van der Waals surface area contributed by atoms with Crippen molar-refractivity contribution in [1.29, 1.82) is 0 Å². The zero-order chi connectivity index (χ0) is 28.1. The van der Waals surface area contributed by atoms with Crippen molar-refractivity contribution in [1.82, 2.24) is 29.7 Å². The Bertz CT molecular complexity index is 1050. The standard InChI is InChI=1S/C24H40N8O6/c1-5-37-19(34)13-31(18(33)12-32-16-29-20-21(26)27-15-28-22(20)32)11-17(14-36-10-8-6-7-9-25)30-23(35)38-24(2,3)4/h15-17H,5-14,25H2,1-4H3,(H,30,35)(H2,26,27,28). The zero-order valence-electron chi connectivity index (χ0n) is 22.6. The predicted octanol–water partition coefficient (Wildman–Crippen LogP) is 0.839. The Morgan fingerprint density at radius 2 is 1.92 bits per heavy atom. The number of esters is 1. The Morgan fingerprint density at radius 1 is 1.16 bits per heavy atom. The molecule has 14 heteroatoms. The van der Waals surface area contributed by atoms with Gasteiger partial charge >= 0.3 is 12.1 Å². The van der Waals surface area contributed by atoms with Gasteiger partial charge in [0, 0.05) is 13.2 Å². The molecule has 38 heavy (non-hydrogen) atoms. The molecule has 212 valence electrons. The largest absolute Gasteiger partial charge is 0.465 e. The van der Waals surface area contributed by atoms with Crippen LogP contribution < -0.4 is 16.8 Å². The van der Waals surface area contributed by atoms with E-state index in [0.29, 0.717) is 24.3 Å². The SMILES string of the molecule is CCOC(=O)CN(CC(COCCCCCN)NC(=O)OC(C)(C)C)C(=O)Cn1cnc2c(N)ncnc21. The van der Waals surface area contributed by atoms with Crippen LogP contribution in [0.2, 0.25) is 0 Å². The average Bonchev–Trinajstić information content (AvgIpc) is 3.23. The summed E-state index contributed by atoms with van der Waals surface area (Å²) < 4.78 is 17.7. The first kappa shape index (κ1) is 30.7. The maximum absolute atomic E-state index is 13.4. The molecule has 0 radical (unpaired) electrons. The first-order chi connectivity index (χ1) is 18.0. The minimum atomic E-state index is -0.718. The Morgan fingerprint density at radius 3 is 2.61 bits per heavy atom. The number of carbonyl (C=O) groups excluding carboxylic acids is 3. The number of rotatable bonds is 15. The number of ether oxygens (including phenoxy) is 3. The van der Waals surface area contributed by atoms with Gasteiger partial charge in [-0.2, -0.15) is 0 Å². The summed E-state index contributed by atoms with van der Waals surface area (Å²) in [4.78, 5) is 51.8. The number of nitrogens with two attached hydrogens (primary N) is 2. The third kappa shape index (κ3) is 10.5. The maximum atomic E-state index is 13.4. The fourth-order valence-corrected chi connectivity index (χ4v) is 3.51. The van der Waals surface area contributed by atoms with Gasteiger partial charge in [0.25, 0.3) is 0 Å². The third-order valence-corrected chi connectivity index (χ3v) is 5.19. The van der Waals surface area contributed by atoms with E-state index in [9.17, 15) is 14.4 Å². The number of carbonyl (C=O) groups is 3. The smallest absolute Gasteiger partial charge is 0.408 e. The van der Waals surface area contributed by atoms with Gasteiger partial charge in [-0.15, -0.1) is 0 Å². The van der Waals surface area contributed by atoms with Gasteiger partial charge in [-0.3, -0.25) is 9.59 Å². The number of nitrogens with one attached hydrogen (secondary N) is 1. The number of hydrogen-bond donors (Lipinski definition) is 3. The summed E-state index contributed by atoms with van der Waals surface area (Å²) in [6.07, 6.45) is 4.66. The fourth-order valence-electron chi connectivity index (χ4n) is 3.51. The molecule has 2 aromatic heterocycles. The van der Waals surface area contributed by atoms with E-state index in [1.807, 2.05) is 0 Å². The predicted molar refractivity (Wildman–Crippen MR) is 140 cm³/mol. The quantitative estimate of drug-likeness (QED) is 0.216. The molecule has 0 saturated heterocycles. The number of alkyl carbamates (subject to hydrolysis) is 1. The van der Waals surface area contributed by atoms with E-state index in [2.05, 4.69) is 20.3 Å². The number of aromatic nitrogens is 4. The van der Waals surface area contributed by atoms with Crippen LogP contribution in [0.3, 0.4) is 0 Å². The van der Waals surface area contributed by atoms with Crippen molar-refractivity contribution in [3.8, 4) is 0 Å². The average molecular weight is 537 g/mol. The van der Waals surface area contributed by atoms with Crippen LogP contribution in [0.25, 0.3) is 11.2 Å². The normalized spacial score (nSPS) is 12.2. The van der Waals surface area contributed by atoms with E-state index in [0.717, 1.165) is 19.3 Å². The second-order valence-corrected chi connectivity index (χ2v) is 9.65. The Balaban J connectivity index is 2.18. The number of fused-ring (bicyclic) bond motifs is 1. The summed E-state index contributed by atoms with van der Waals surface area (Å²) in [5, 5.41) is 2.75. The second-order valence-electron chi connectivity index (χ2n) is 9.65. The molecule has 0 fully saturated rings. The van der Waals surface area contributed by atoms with Crippen molar-refractivity contribution in [2.75, 3.05) is 45.2 Å². The van der Waals surface area contributed by atoms with Gasteiger partial charge in [-0.25, -0.2) is 19.7 Å². The molecule has 0 spiro atoms. The number of anilines is 1. The van der Waals surface area contributed by atoms with Crippen molar-refractivity contribution in [2.24, 2.45) is 5.73 Å². The van der Waals surface area contributed by atoms with Crippen LogP contribution in [0.1, 0.15) is 47.0 Å². The highest BCUT2D eigenvalue weighted by Crippen LogP contribution is 2.14. The maximum Gasteiger partial charge on any atom is 0.408 e. The van der Waals surface area contributed by atoms with Crippen LogP contribution in [0.4, 0.5) is 10.6 Å². The molecule has 2 heterocycles. The van der Waals surface area contributed by atoms with Crippen molar-refractivity contribution < 1.29 is 28.6 Å². The van der Waals surface area contributed by atoms with E-state index in [1.54, 1.807) is 27.7 Å². The van der Waals surface area contributed by atoms with Crippen molar-refractivity contribution in [2.45, 2.75) is 65.1 Å². The summed E-state index contributed by atoms with van der Waals surface area (Å²) in [7, 11) is 0. The molecule has 0 aromatic carbocycles. The molecule has 1 atom stereocenters. The van der Waals surface area contributed by atoms with E-state index in [4.69, 9.17) is 25.7 Å². The lowest BCUT2D eigenvalue weighted by Gasteiger charge is -2.29. The molecule has 2 aromatic rings. The number of unbranched alkanes of at least 4 members (excludes halogenated alkanes) is 2. The minimum Gasteiger partial charge on any atom is -0.465 e. The molecule has 5 N–H and O–H groups in total. The third-order valence-electron chi connectivity index (χ3n) is 5.19. The Labute approximate surface area is 222 Å². The topological polar surface area (TPSA) is 190 Å². The van der Waals surface area contributed by atoms with Gasteiger partial charge in [0.15, 0.2) is 11.5 Å². The number of imidazole rings is 1. The molecular formula is C24H40N8O6. The Kier molecular flexibility index (Phi) is 12.1. The molecule has 14 nitrogen and oxygen atoms in total. The van der Waals surface area contributed by atoms with Crippen molar-refractivity contribution >= 4 is 35.0 Å². The lowest BCUT2D eigenvalue weighted by atomic mass is 10.2. The molecule has 1 unspecified atom stereocenters. The van der Waals surface area contributed by atoms with Gasteiger partial charge < -0.3 is 40.5 Å². The van der Waals surface area contributed by atoms with Gasteiger partial charge in [0.1, 0.15) is 30.5 Å². The highest BCUT2D eigenvalue weighted by molar-refractivity contribution is 5.85. The summed E-state index contributed by atoms with van der Waals surface area (Å²) in [5.74, 6) is -0.815. The van der Waals surface area contributed by atoms with Gasteiger partial charge in [-0.05, 0) is 53.5 Å². The molecule has 0 saturated carbocycles. The summed E-state index contributed by atoms with van der Waals surface area (Å²) in [6.45, 7) is 7.74. The summed E-state index contributed by atoms with van der Waals surface area (Å²) in [5.41, 5.74) is 11.4. The highest BCUT2D eigenvalue weighted by Gasteiger charge is 2.26. The van der Waals surface area contributed by atoms with Crippen LogP contribution >= 0.6 is 0 Å². The Hall–Kier alpha value is -3.52. The molecule has 0 aliphatic heterocycles. The minimum absolute atomic E-state index is 0.0244. The lowest BCUT2D eigenvalue weighted by molar-refractivity contribution is -0.149. The van der Waals surface area contributed by atoms with Crippen LogP contribution in [0.15, 0.2) is 12.7 Å². The summed E-state index contributed by atoms with van der Waals surface area (Å²) in [6, 6.07) is -0.657. The number of nitrogen functional groups attached to an aromatic ring is 1. The van der Waals surface area contributed by atoms with Crippen molar-refractivity contribution in [3.63, 3.8) is 0 Å². The van der Waals surface area contributed by atoms with Gasteiger partial charge in [-0.1, -0.05) is 0 Å². The van der Waals surface area contributed by atoms with Crippen LogP contribution in [-0.2, 0) is 30.3 Å². The van der Waals surface area contributed by atoms with E-state index in [1.165, 1.54) is 22.1 Å². The van der Waals surface area contributed by atoms with Gasteiger partial charge in [0.05, 0.1) is 25.6 Å². The number of amides is 2. The van der Waals surface area contributed by atoms with E-state index >= 15 is 0 Å². The molecule has 0 bridgehead atoms. The van der Waals surface area contributed by atoms with E-state index in [-0.39, 0.29) is 38.7 Å².